The lowest BCUT2D eigenvalue weighted by molar-refractivity contribution is -0.304. The van der Waals surface area contributed by atoms with Crippen molar-refractivity contribution in [1.29, 1.82) is 0 Å². The van der Waals surface area contributed by atoms with Gasteiger partial charge < -0.3 is 0 Å². The van der Waals surface area contributed by atoms with Crippen molar-refractivity contribution in [3.63, 3.8) is 0 Å². The van der Waals surface area contributed by atoms with E-state index in [0.717, 1.165) is 12.0 Å². The predicted octanol–water partition coefficient (Wildman–Crippen LogP) is 4.88. The van der Waals surface area contributed by atoms with E-state index < -0.39 is 0 Å². The SMILES string of the molecule is CCCCCCCCCCOOCc1cccc(-n2[nH]c(C)c(C=O)c2=O)c1. The third-order valence-electron chi connectivity index (χ3n) is 4.79. The maximum absolute atomic E-state index is 12.2. The smallest absolute Gasteiger partial charge is 0.282 e. The molecule has 1 aromatic carbocycles. The second kappa shape index (κ2) is 12.3. The number of hydrogen-bond acceptors (Lipinski definition) is 4. The maximum Gasteiger partial charge on any atom is 0.282 e. The number of nitrogens with zero attached hydrogens (tertiary/aromatic N) is 1. The molecule has 0 saturated carbocycles. The van der Waals surface area contributed by atoms with E-state index >= 15 is 0 Å². The highest BCUT2D eigenvalue weighted by atomic mass is 17.2. The van der Waals surface area contributed by atoms with Crippen LogP contribution in [0.2, 0.25) is 0 Å². The summed E-state index contributed by atoms with van der Waals surface area (Å²) in [6, 6.07) is 7.39. The van der Waals surface area contributed by atoms with Gasteiger partial charge in [-0.3, -0.25) is 14.7 Å². The monoisotopic (exact) mass is 388 g/mol. The fourth-order valence-corrected chi connectivity index (χ4v) is 3.13. The van der Waals surface area contributed by atoms with Crippen LogP contribution in [0, 0.1) is 6.92 Å². The molecule has 0 unspecified atom stereocenters. The van der Waals surface area contributed by atoms with Gasteiger partial charge in [0, 0.05) is 5.69 Å². The molecule has 154 valence electrons. The molecule has 6 nitrogen and oxygen atoms in total. The Kier molecular flexibility index (Phi) is 9.72. The Labute approximate surface area is 166 Å². The third-order valence-corrected chi connectivity index (χ3v) is 4.79. The van der Waals surface area contributed by atoms with Gasteiger partial charge in [0.05, 0.1) is 12.3 Å². The molecule has 0 aliphatic rings. The Morgan fingerprint density at radius 1 is 1.04 bits per heavy atom. The highest BCUT2D eigenvalue weighted by Gasteiger charge is 2.11. The molecule has 2 aromatic rings. The van der Waals surface area contributed by atoms with Crippen molar-refractivity contribution in [3.8, 4) is 5.69 Å². The van der Waals surface area contributed by atoms with Gasteiger partial charge in [-0.05, 0) is 31.0 Å². The van der Waals surface area contributed by atoms with Crippen LogP contribution in [-0.2, 0) is 16.4 Å². The average Bonchev–Trinajstić information content (AvgIpc) is 2.99. The first-order valence-corrected chi connectivity index (χ1v) is 10.3. The Bertz CT molecular complexity index is 779. The summed E-state index contributed by atoms with van der Waals surface area (Å²) in [6.45, 7) is 4.83. The van der Waals surface area contributed by atoms with Gasteiger partial charge in [-0.1, -0.05) is 64.0 Å². The third kappa shape index (κ3) is 6.77. The summed E-state index contributed by atoms with van der Waals surface area (Å²) >= 11 is 0. The summed E-state index contributed by atoms with van der Waals surface area (Å²) in [4.78, 5) is 33.8. The predicted molar refractivity (Wildman–Crippen MR) is 110 cm³/mol. The number of hydrogen-bond donors (Lipinski definition) is 1. The summed E-state index contributed by atoms with van der Waals surface area (Å²) < 4.78 is 1.37. The van der Waals surface area contributed by atoms with Gasteiger partial charge in [0.1, 0.15) is 12.2 Å². The minimum absolute atomic E-state index is 0.148. The van der Waals surface area contributed by atoms with Crippen LogP contribution in [0.15, 0.2) is 29.1 Å². The van der Waals surface area contributed by atoms with E-state index in [1.807, 2.05) is 18.2 Å². The second-order valence-corrected chi connectivity index (χ2v) is 7.14. The van der Waals surface area contributed by atoms with Crippen LogP contribution >= 0.6 is 0 Å². The number of rotatable bonds is 14. The molecule has 1 aromatic heterocycles. The average molecular weight is 389 g/mol. The number of aryl methyl sites for hydroxylation is 1. The molecule has 1 heterocycles. The summed E-state index contributed by atoms with van der Waals surface area (Å²) in [5, 5.41) is 2.92. The number of H-pyrrole nitrogens is 1. The lowest BCUT2D eigenvalue weighted by Gasteiger charge is -2.07. The molecule has 28 heavy (non-hydrogen) atoms. The zero-order valence-corrected chi connectivity index (χ0v) is 17.0. The van der Waals surface area contributed by atoms with Crippen LogP contribution in [0.4, 0.5) is 0 Å². The zero-order valence-electron chi connectivity index (χ0n) is 17.0. The first-order chi connectivity index (χ1) is 13.7. The van der Waals surface area contributed by atoms with E-state index in [1.54, 1.807) is 13.0 Å². The number of carbonyl (C=O) groups is 1. The zero-order chi connectivity index (χ0) is 20.2. The van der Waals surface area contributed by atoms with Crippen molar-refractivity contribution in [2.45, 2.75) is 71.8 Å². The number of aromatic amines is 1. The Hall–Kier alpha value is -2.18. The van der Waals surface area contributed by atoms with E-state index in [4.69, 9.17) is 9.78 Å². The van der Waals surface area contributed by atoms with Gasteiger partial charge in [0.2, 0.25) is 0 Å². The number of aldehydes is 1. The molecule has 0 atom stereocenters. The van der Waals surface area contributed by atoms with Crippen LogP contribution in [0.25, 0.3) is 5.69 Å². The summed E-state index contributed by atoms with van der Waals surface area (Å²) in [7, 11) is 0. The second-order valence-electron chi connectivity index (χ2n) is 7.14. The number of nitrogens with one attached hydrogen (secondary N) is 1. The van der Waals surface area contributed by atoms with Crippen LogP contribution in [0.1, 0.15) is 79.9 Å². The number of aromatic nitrogens is 2. The fraction of sp³-hybridized carbons (Fsp3) is 0.545. The van der Waals surface area contributed by atoms with Crippen molar-refractivity contribution in [1.82, 2.24) is 9.78 Å². The molecule has 0 fully saturated rings. The molecule has 0 amide bonds. The topological polar surface area (TPSA) is 73.3 Å². The lowest BCUT2D eigenvalue weighted by atomic mass is 10.1. The quantitative estimate of drug-likeness (QED) is 0.217. The molecule has 0 radical (unpaired) electrons. The van der Waals surface area contributed by atoms with Gasteiger partial charge in [0.15, 0.2) is 6.29 Å². The standard InChI is InChI=1S/C22H32N2O4/c1-3-4-5-6-7-8-9-10-14-27-28-17-19-12-11-13-20(15-19)24-22(26)21(16-25)18(2)23-24/h11-13,15-16,23H,3-10,14,17H2,1-2H3. The molecule has 2 rings (SSSR count). The number of carbonyl (C=O) groups excluding carboxylic acids is 1. The number of benzene rings is 1. The van der Waals surface area contributed by atoms with Crippen molar-refractivity contribution >= 4 is 6.29 Å². The maximum atomic E-state index is 12.2. The molecule has 0 bridgehead atoms. The molecule has 0 aliphatic carbocycles. The van der Waals surface area contributed by atoms with Gasteiger partial charge in [-0.15, -0.1) is 0 Å². The lowest BCUT2D eigenvalue weighted by Crippen LogP contribution is -2.17. The Balaban J connectivity index is 1.70. The molecule has 0 spiro atoms. The Morgan fingerprint density at radius 3 is 2.43 bits per heavy atom. The molecular formula is C22H32N2O4. The minimum Gasteiger partial charge on any atom is -0.298 e. The van der Waals surface area contributed by atoms with Crippen LogP contribution in [-0.4, -0.2) is 22.7 Å². The summed E-state index contributed by atoms with van der Waals surface area (Å²) in [6.07, 6.45) is 10.6. The summed E-state index contributed by atoms with van der Waals surface area (Å²) in [5.41, 5.74) is 1.90. The van der Waals surface area contributed by atoms with E-state index in [0.29, 0.717) is 30.9 Å². The molecule has 1 N–H and O–H groups in total. The summed E-state index contributed by atoms with van der Waals surface area (Å²) in [5.74, 6) is 0. The van der Waals surface area contributed by atoms with Gasteiger partial charge >= 0.3 is 0 Å². The first kappa shape index (κ1) is 22.1. The van der Waals surface area contributed by atoms with Crippen molar-refractivity contribution in [2.24, 2.45) is 0 Å². The molecule has 6 heteroatoms. The van der Waals surface area contributed by atoms with Crippen molar-refractivity contribution < 1.29 is 14.6 Å². The first-order valence-electron chi connectivity index (χ1n) is 10.3. The van der Waals surface area contributed by atoms with Crippen molar-refractivity contribution in [2.75, 3.05) is 6.61 Å². The van der Waals surface area contributed by atoms with Crippen LogP contribution in [0.3, 0.4) is 0 Å². The van der Waals surface area contributed by atoms with Gasteiger partial charge in [0.25, 0.3) is 5.56 Å². The highest BCUT2D eigenvalue weighted by Crippen LogP contribution is 2.12. The number of unbranched alkanes of at least 4 members (excludes halogenated alkanes) is 7. The van der Waals surface area contributed by atoms with E-state index in [-0.39, 0.29) is 11.1 Å². The van der Waals surface area contributed by atoms with E-state index in [9.17, 15) is 9.59 Å². The normalized spacial score (nSPS) is 11.1. The highest BCUT2D eigenvalue weighted by molar-refractivity contribution is 5.75. The van der Waals surface area contributed by atoms with Crippen molar-refractivity contribution in [3.05, 3.63) is 51.4 Å². The van der Waals surface area contributed by atoms with Gasteiger partial charge in [-0.25, -0.2) is 14.5 Å². The van der Waals surface area contributed by atoms with E-state index in [2.05, 4.69) is 12.0 Å². The van der Waals surface area contributed by atoms with Gasteiger partial charge in [-0.2, -0.15) is 0 Å². The minimum atomic E-state index is -0.350. The fourth-order valence-electron chi connectivity index (χ4n) is 3.13. The largest absolute Gasteiger partial charge is 0.298 e. The van der Waals surface area contributed by atoms with E-state index in [1.165, 1.54) is 49.6 Å². The van der Waals surface area contributed by atoms with Crippen LogP contribution < -0.4 is 5.56 Å². The molecule has 0 aliphatic heterocycles. The molecule has 0 saturated heterocycles. The Morgan fingerprint density at radius 2 is 1.75 bits per heavy atom. The molecular weight excluding hydrogens is 356 g/mol. The van der Waals surface area contributed by atoms with Crippen LogP contribution in [0.5, 0.6) is 0 Å².